The summed E-state index contributed by atoms with van der Waals surface area (Å²) in [5.41, 5.74) is 1.11. The van der Waals surface area contributed by atoms with Crippen molar-refractivity contribution in [3.05, 3.63) is 58.5 Å². The first-order valence-corrected chi connectivity index (χ1v) is 8.94. The number of aromatic nitrogens is 2. The van der Waals surface area contributed by atoms with Gasteiger partial charge in [-0.25, -0.2) is 4.68 Å². The lowest BCUT2D eigenvalue weighted by Crippen LogP contribution is -2.43. The molecule has 0 unspecified atom stereocenters. The number of fused-ring (bicyclic) bond motifs is 2. The van der Waals surface area contributed by atoms with Gasteiger partial charge in [0.05, 0.1) is 17.3 Å². The van der Waals surface area contributed by atoms with Gasteiger partial charge in [-0.2, -0.15) is 0 Å². The second kappa shape index (κ2) is 6.26. The largest absolute Gasteiger partial charge is 0.550 e. The lowest BCUT2D eigenvalue weighted by atomic mass is 9.82. The van der Waals surface area contributed by atoms with Crippen molar-refractivity contribution in [3.8, 4) is 5.69 Å². The average Bonchev–Trinajstić information content (AvgIpc) is 3.32. The molecule has 2 aliphatic rings. The molecule has 4 rings (SSSR count). The molecule has 1 aromatic carbocycles. The second-order valence-electron chi connectivity index (χ2n) is 7.24. The number of benzene rings is 1. The molecular formula is C20H20N3O4-. The third-order valence-corrected chi connectivity index (χ3v) is 5.84. The molecule has 27 heavy (non-hydrogen) atoms. The van der Waals surface area contributed by atoms with Crippen LogP contribution < -0.4 is 16.0 Å². The lowest BCUT2D eigenvalue weighted by Gasteiger charge is -2.27. The first-order valence-electron chi connectivity index (χ1n) is 8.94. The highest BCUT2D eigenvalue weighted by Crippen LogP contribution is 2.48. The number of aliphatic carboxylic acids is 1. The summed E-state index contributed by atoms with van der Waals surface area (Å²) >= 11 is 0. The predicted octanol–water partition coefficient (Wildman–Crippen LogP) is 0.611. The van der Waals surface area contributed by atoms with Crippen LogP contribution in [0.5, 0.6) is 0 Å². The Balaban J connectivity index is 1.68. The van der Waals surface area contributed by atoms with E-state index in [2.05, 4.69) is 5.32 Å². The number of hydrogen-bond donors (Lipinski definition) is 1. The zero-order valence-electron chi connectivity index (χ0n) is 15.1. The molecule has 2 aromatic rings. The summed E-state index contributed by atoms with van der Waals surface area (Å²) < 4.78 is 3.14. The van der Waals surface area contributed by atoms with Crippen LogP contribution in [-0.4, -0.2) is 21.2 Å². The van der Waals surface area contributed by atoms with Gasteiger partial charge in [0, 0.05) is 18.9 Å². The summed E-state index contributed by atoms with van der Waals surface area (Å²) in [5, 5.41) is 14.2. The van der Waals surface area contributed by atoms with E-state index in [0.717, 1.165) is 0 Å². The number of allylic oxidation sites excluding steroid dienone is 2. The Bertz CT molecular complexity index is 1000. The zero-order chi connectivity index (χ0) is 19.3. The van der Waals surface area contributed by atoms with Crippen LogP contribution in [0.25, 0.3) is 5.69 Å². The van der Waals surface area contributed by atoms with Crippen molar-refractivity contribution >= 4 is 17.6 Å². The van der Waals surface area contributed by atoms with Gasteiger partial charge in [-0.15, -0.1) is 0 Å². The molecular weight excluding hydrogens is 346 g/mol. The Morgan fingerprint density at radius 2 is 1.74 bits per heavy atom. The molecule has 1 fully saturated rings. The van der Waals surface area contributed by atoms with E-state index in [9.17, 15) is 19.5 Å². The fourth-order valence-electron chi connectivity index (χ4n) is 4.42. The molecule has 0 radical (unpaired) electrons. The smallest absolute Gasteiger partial charge is 0.295 e. The molecule has 2 aliphatic carbocycles. The van der Waals surface area contributed by atoms with Gasteiger partial charge in [0.25, 0.3) is 5.56 Å². The highest BCUT2D eigenvalue weighted by Gasteiger charge is 2.48. The number of carbonyl (C=O) groups excluding carboxylic acids is 2. The van der Waals surface area contributed by atoms with Gasteiger partial charge in [-0.3, -0.25) is 14.3 Å². The number of carboxylic acids is 1. The van der Waals surface area contributed by atoms with E-state index in [1.54, 1.807) is 30.8 Å². The summed E-state index contributed by atoms with van der Waals surface area (Å²) in [5.74, 6) is -3.51. The molecule has 7 nitrogen and oxygen atoms in total. The fourth-order valence-corrected chi connectivity index (χ4v) is 4.42. The highest BCUT2D eigenvalue weighted by molar-refractivity contribution is 5.96. The number of carboxylic acid groups (broad SMARTS) is 1. The molecule has 1 saturated carbocycles. The molecule has 4 atom stereocenters. The topological polar surface area (TPSA) is 96.2 Å². The summed E-state index contributed by atoms with van der Waals surface area (Å²) in [6.07, 6.45) is 4.39. The molecule has 2 bridgehead atoms. The molecule has 7 heteroatoms. The van der Waals surface area contributed by atoms with Crippen LogP contribution in [0.15, 0.2) is 47.3 Å². The van der Waals surface area contributed by atoms with Crippen LogP contribution >= 0.6 is 0 Å². The maximum Gasteiger partial charge on any atom is 0.295 e. The predicted molar refractivity (Wildman–Crippen MR) is 97.1 cm³/mol. The van der Waals surface area contributed by atoms with Crippen molar-refractivity contribution < 1.29 is 14.7 Å². The minimum atomic E-state index is -1.21. The molecule has 1 N–H and O–H groups in total. The molecule has 1 amide bonds. The van der Waals surface area contributed by atoms with Crippen LogP contribution in [0.4, 0.5) is 5.69 Å². The average molecular weight is 366 g/mol. The van der Waals surface area contributed by atoms with E-state index in [0.29, 0.717) is 17.8 Å². The lowest BCUT2D eigenvalue weighted by molar-refractivity contribution is -0.313. The molecule has 1 heterocycles. The van der Waals surface area contributed by atoms with Crippen molar-refractivity contribution in [2.75, 3.05) is 5.32 Å². The highest BCUT2D eigenvalue weighted by atomic mass is 16.4. The van der Waals surface area contributed by atoms with Crippen LogP contribution in [-0.2, 0) is 16.6 Å². The third kappa shape index (κ3) is 2.61. The zero-order valence-corrected chi connectivity index (χ0v) is 15.1. The van der Waals surface area contributed by atoms with Gasteiger partial charge in [-0.1, -0.05) is 30.4 Å². The van der Waals surface area contributed by atoms with E-state index in [1.165, 1.54) is 4.68 Å². The summed E-state index contributed by atoms with van der Waals surface area (Å²) in [7, 11) is 1.74. The van der Waals surface area contributed by atoms with Gasteiger partial charge in [-0.05, 0) is 37.3 Å². The molecule has 0 aliphatic heterocycles. The van der Waals surface area contributed by atoms with Gasteiger partial charge in [0.15, 0.2) is 0 Å². The second-order valence-corrected chi connectivity index (χ2v) is 7.24. The number of amides is 1. The number of rotatable bonds is 4. The van der Waals surface area contributed by atoms with Crippen molar-refractivity contribution in [3.63, 3.8) is 0 Å². The van der Waals surface area contributed by atoms with Crippen molar-refractivity contribution in [1.29, 1.82) is 0 Å². The number of hydrogen-bond acceptors (Lipinski definition) is 4. The Morgan fingerprint density at radius 1 is 1.11 bits per heavy atom. The number of nitrogens with one attached hydrogen (secondary N) is 1. The minimum absolute atomic E-state index is 0.127. The Morgan fingerprint density at radius 3 is 2.37 bits per heavy atom. The van der Waals surface area contributed by atoms with Crippen LogP contribution in [0.3, 0.4) is 0 Å². The molecule has 140 valence electrons. The van der Waals surface area contributed by atoms with Crippen LogP contribution in [0, 0.1) is 30.6 Å². The standard InChI is InChI=1S/C20H21N3O4/c1-11-17(19(25)23(22(11)2)14-6-4-3-5-7-14)21-18(24)15-12-8-9-13(10-12)16(15)20(26)27/h3-9,12-13,15-16H,10H2,1-2H3,(H,21,24)(H,26,27)/p-1/t12-,13-,15+,16-/m0/s1. The maximum absolute atomic E-state index is 12.9. The van der Waals surface area contributed by atoms with E-state index in [1.807, 2.05) is 30.4 Å². The van der Waals surface area contributed by atoms with Crippen LogP contribution in [0.2, 0.25) is 0 Å². The number of para-hydroxylation sites is 1. The number of nitrogens with zero attached hydrogens (tertiary/aromatic N) is 2. The van der Waals surface area contributed by atoms with Gasteiger partial charge in [0.1, 0.15) is 5.69 Å². The normalized spacial score (nSPS) is 25.7. The minimum Gasteiger partial charge on any atom is -0.550 e. The Labute approximate surface area is 155 Å². The van der Waals surface area contributed by atoms with Gasteiger partial charge in [0.2, 0.25) is 5.91 Å². The quantitative estimate of drug-likeness (QED) is 0.802. The van der Waals surface area contributed by atoms with Gasteiger partial charge >= 0.3 is 0 Å². The van der Waals surface area contributed by atoms with E-state index in [4.69, 9.17) is 0 Å². The Hall–Kier alpha value is -3.09. The summed E-state index contributed by atoms with van der Waals surface area (Å²) in [4.78, 5) is 37.3. The first kappa shape index (κ1) is 17.3. The van der Waals surface area contributed by atoms with Crippen LogP contribution in [0.1, 0.15) is 12.1 Å². The maximum atomic E-state index is 12.9. The van der Waals surface area contributed by atoms with Crippen molar-refractivity contribution in [1.82, 2.24) is 9.36 Å². The summed E-state index contributed by atoms with van der Waals surface area (Å²) in [6, 6.07) is 9.12. The Kier molecular flexibility index (Phi) is 4.02. The number of carbonyl (C=O) groups is 2. The number of anilines is 1. The first-order chi connectivity index (χ1) is 12.9. The third-order valence-electron chi connectivity index (χ3n) is 5.84. The van der Waals surface area contributed by atoms with Gasteiger partial charge < -0.3 is 15.2 Å². The SMILES string of the molecule is Cc1c(NC(=O)[C@H]2[C@@H](C(=O)[O-])[C@H]3C=C[C@H]2C3)c(=O)n(-c2ccccc2)n1C. The van der Waals surface area contributed by atoms with Crippen molar-refractivity contribution in [2.24, 2.45) is 30.7 Å². The summed E-state index contributed by atoms with van der Waals surface area (Å²) in [6.45, 7) is 1.74. The van der Waals surface area contributed by atoms with Crippen molar-refractivity contribution in [2.45, 2.75) is 13.3 Å². The molecule has 1 aromatic heterocycles. The monoisotopic (exact) mass is 366 g/mol. The van der Waals surface area contributed by atoms with E-state index in [-0.39, 0.29) is 23.1 Å². The van der Waals surface area contributed by atoms with E-state index >= 15 is 0 Å². The molecule has 0 saturated heterocycles. The molecule has 0 spiro atoms. The van der Waals surface area contributed by atoms with E-state index < -0.39 is 23.7 Å². The fraction of sp³-hybridized carbons (Fsp3) is 0.350.